The van der Waals surface area contributed by atoms with E-state index in [0.29, 0.717) is 5.75 Å². The summed E-state index contributed by atoms with van der Waals surface area (Å²) in [6.07, 6.45) is 1.76. The van der Waals surface area contributed by atoms with Gasteiger partial charge in [-0.1, -0.05) is 35.2 Å². The normalized spacial score (nSPS) is 15.4. The van der Waals surface area contributed by atoms with Crippen molar-refractivity contribution >= 4 is 45.2 Å². The maximum atomic E-state index is 12.5. The van der Waals surface area contributed by atoms with Crippen LogP contribution in [-0.4, -0.2) is 51.4 Å². The fourth-order valence-electron chi connectivity index (χ4n) is 3.15. The van der Waals surface area contributed by atoms with Crippen molar-refractivity contribution < 1.29 is 9.21 Å². The Hall–Kier alpha value is -2.13. The van der Waals surface area contributed by atoms with Crippen LogP contribution in [0.3, 0.4) is 0 Å². The van der Waals surface area contributed by atoms with E-state index in [-0.39, 0.29) is 11.8 Å². The van der Waals surface area contributed by atoms with Gasteiger partial charge in [0.05, 0.1) is 5.75 Å². The van der Waals surface area contributed by atoms with Crippen molar-refractivity contribution in [1.29, 1.82) is 0 Å². The van der Waals surface area contributed by atoms with Gasteiger partial charge in [-0.15, -0.1) is 10.2 Å². The number of hydrogen-bond donors (Lipinski definition) is 1. The third-order valence-corrected chi connectivity index (χ3v) is 6.56. The highest BCUT2D eigenvalue weighted by Crippen LogP contribution is 2.31. The maximum Gasteiger partial charge on any atom is 0.233 e. The van der Waals surface area contributed by atoms with Gasteiger partial charge in [0.1, 0.15) is 5.52 Å². The van der Waals surface area contributed by atoms with E-state index in [1.54, 1.807) is 0 Å². The van der Waals surface area contributed by atoms with Crippen molar-refractivity contribution in [2.45, 2.75) is 30.0 Å². The lowest BCUT2D eigenvalue weighted by atomic mass is 9.97. The molecule has 1 aromatic carbocycles. The maximum absolute atomic E-state index is 12.5. The molecule has 1 N–H and O–H groups in total. The number of rotatable bonds is 6. The Morgan fingerprint density at radius 2 is 2.15 bits per heavy atom. The molecule has 0 aliphatic carbocycles. The summed E-state index contributed by atoms with van der Waals surface area (Å²) in [6, 6.07) is 7.83. The third-order valence-electron chi connectivity index (χ3n) is 4.56. The van der Waals surface area contributed by atoms with E-state index in [0.717, 1.165) is 58.9 Å². The molecule has 1 aliphatic heterocycles. The summed E-state index contributed by atoms with van der Waals surface area (Å²) in [4.78, 5) is 19.0. The fraction of sp³-hybridized carbons (Fsp3) is 0.444. The number of anilines is 1. The fourth-order valence-corrected chi connectivity index (χ4v) is 4.87. The van der Waals surface area contributed by atoms with Gasteiger partial charge in [-0.25, -0.2) is 4.98 Å². The zero-order valence-electron chi connectivity index (χ0n) is 15.1. The Labute approximate surface area is 165 Å². The van der Waals surface area contributed by atoms with Crippen LogP contribution in [-0.2, 0) is 4.79 Å². The molecule has 0 atom stereocenters. The van der Waals surface area contributed by atoms with Crippen LogP contribution in [0.5, 0.6) is 0 Å². The van der Waals surface area contributed by atoms with E-state index < -0.39 is 0 Å². The molecule has 0 saturated carbocycles. The van der Waals surface area contributed by atoms with Gasteiger partial charge in [0, 0.05) is 25.6 Å². The second kappa shape index (κ2) is 8.26. The average molecular weight is 404 g/mol. The number of nitrogens with one attached hydrogen (secondary N) is 1. The second-order valence-electron chi connectivity index (χ2n) is 6.37. The van der Waals surface area contributed by atoms with Crippen molar-refractivity contribution in [3.8, 4) is 0 Å². The molecule has 1 saturated heterocycles. The molecule has 0 spiro atoms. The van der Waals surface area contributed by atoms with Crippen molar-refractivity contribution in [2.75, 3.05) is 30.7 Å². The number of benzene rings is 1. The van der Waals surface area contributed by atoms with Gasteiger partial charge in [0.25, 0.3) is 0 Å². The molecule has 7 nitrogen and oxygen atoms in total. The molecule has 9 heteroatoms. The lowest BCUT2D eigenvalue weighted by Gasteiger charge is -2.30. The van der Waals surface area contributed by atoms with Crippen LogP contribution >= 0.6 is 23.1 Å². The van der Waals surface area contributed by atoms with Gasteiger partial charge in [0.2, 0.25) is 11.0 Å². The van der Waals surface area contributed by atoms with Crippen LogP contribution in [0.1, 0.15) is 31.6 Å². The van der Waals surface area contributed by atoms with Gasteiger partial charge in [-0.2, -0.15) is 0 Å². The number of carbonyl (C=O) groups is 1. The summed E-state index contributed by atoms with van der Waals surface area (Å²) in [7, 11) is 0. The molecule has 1 fully saturated rings. The SMILES string of the molecule is CCNc1nnc(SCC(=O)N2CCC(c3nc4ccccc4o3)CC2)s1. The molecule has 0 radical (unpaired) electrons. The second-order valence-corrected chi connectivity index (χ2v) is 8.57. The molecule has 27 heavy (non-hydrogen) atoms. The summed E-state index contributed by atoms with van der Waals surface area (Å²) in [5.41, 5.74) is 1.73. The van der Waals surface area contributed by atoms with Gasteiger partial charge < -0.3 is 14.6 Å². The first-order valence-electron chi connectivity index (χ1n) is 9.06. The zero-order chi connectivity index (χ0) is 18.6. The Balaban J connectivity index is 1.28. The number of hydrogen-bond acceptors (Lipinski definition) is 8. The van der Waals surface area contributed by atoms with Crippen LogP contribution in [0.4, 0.5) is 5.13 Å². The molecule has 1 amide bonds. The molecule has 3 aromatic rings. The Kier molecular flexibility index (Phi) is 5.58. The van der Waals surface area contributed by atoms with E-state index >= 15 is 0 Å². The predicted octanol–water partition coefficient (Wildman–Crippen LogP) is 3.61. The smallest absolute Gasteiger partial charge is 0.233 e. The highest BCUT2D eigenvalue weighted by atomic mass is 32.2. The lowest BCUT2D eigenvalue weighted by molar-refractivity contribution is -0.129. The van der Waals surface area contributed by atoms with Crippen LogP contribution in [0.2, 0.25) is 0 Å². The number of fused-ring (bicyclic) bond motifs is 1. The van der Waals surface area contributed by atoms with Gasteiger partial charge in [-0.05, 0) is 31.9 Å². The molecule has 1 aliphatic rings. The lowest BCUT2D eigenvalue weighted by Crippen LogP contribution is -2.39. The molecule has 3 heterocycles. The predicted molar refractivity (Wildman–Crippen MR) is 107 cm³/mol. The quantitative estimate of drug-likeness (QED) is 0.629. The molecule has 0 bridgehead atoms. The van der Waals surface area contributed by atoms with Crippen LogP contribution in [0.15, 0.2) is 33.0 Å². The molecular weight excluding hydrogens is 382 g/mol. The van der Waals surface area contributed by atoms with E-state index in [2.05, 4.69) is 20.5 Å². The Morgan fingerprint density at radius 3 is 2.93 bits per heavy atom. The number of thioether (sulfide) groups is 1. The van der Waals surface area contributed by atoms with Crippen molar-refractivity contribution in [1.82, 2.24) is 20.1 Å². The molecule has 0 unspecified atom stereocenters. The van der Waals surface area contributed by atoms with E-state index in [9.17, 15) is 4.79 Å². The van der Waals surface area contributed by atoms with E-state index in [4.69, 9.17) is 4.42 Å². The number of para-hydroxylation sites is 2. The van der Waals surface area contributed by atoms with E-state index in [1.165, 1.54) is 23.1 Å². The van der Waals surface area contributed by atoms with Crippen molar-refractivity contribution in [3.05, 3.63) is 30.2 Å². The number of piperidine rings is 1. The summed E-state index contributed by atoms with van der Waals surface area (Å²) in [6.45, 7) is 4.30. The monoisotopic (exact) mass is 403 g/mol. The summed E-state index contributed by atoms with van der Waals surface area (Å²) >= 11 is 2.94. The Morgan fingerprint density at radius 1 is 1.33 bits per heavy atom. The number of amides is 1. The van der Waals surface area contributed by atoms with Crippen molar-refractivity contribution in [2.24, 2.45) is 0 Å². The molecule has 142 valence electrons. The highest BCUT2D eigenvalue weighted by Gasteiger charge is 2.27. The first-order valence-corrected chi connectivity index (χ1v) is 10.9. The third kappa shape index (κ3) is 4.24. The largest absolute Gasteiger partial charge is 0.440 e. The number of aromatic nitrogens is 3. The van der Waals surface area contributed by atoms with Gasteiger partial charge in [0.15, 0.2) is 15.8 Å². The molecular formula is C18H21N5O2S2. The summed E-state index contributed by atoms with van der Waals surface area (Å²) in [5.74, 6) is 1.62. The minimum absolute atomic E-state index is 0.149. The summed E-state index contributed by atoms with van der Waals surface area (Å²) < 4.78 is 6.71. The van der Waals surface area contributed by atoms with Crippen LogP contribution < -0.4 is 5.32 Å². The number of carbonyl (C=O) groups excluding carboxylic acids is 1. The summed E-state index contributed by atoms with van der Waals surface area (Å²) in [5, 5.41) is 12.1. The van der Waals surface area contributed by atoms with Crippen LogP contribution in [0.25, 0.3) is 11.1 Å². The molecule has 4 rings (SSSR count). The van der Waals surface area contributed by atoms with Crippen LogP contribution in [0, 0.1) is 0 Å². The number of nitrogens with zero attached hydrogens (tertiary/aromatic N) is 4. The minimum atomic E-state index is 0.149. The topological polar surface area (TPSA) is 84.2 Å². The number of oxazole rings is 1. The number of likely N-dealkylation sites (tertiary alicyclic amines) is 1. The Bertz CT molecular complexity index is 884. The average Bonchev–Trinajstić information content (AvgIpc) is 3.33. The first kappa shape index (κ1) is 18.2. The highest BCUT2D eigenvalue weighted by molar-refractivity contribution is 8.01. The van der Waals surface area contributed by atoms with E-state index in [1.807, 2.05) is 36.1 Å². The van der Waals surface area contributed by atoms with Gasteiger partial charge >= 0.3 is 0 Å². The molecule has 2 aromatic heterocycles. The standard InChI is InChI=1S/C18H21N5O2S2/c1-2-19-17-21-22-18(27-17)26-11-15(24)23-9-7-12(8-10-23)16-20-13-5-3-4-6-14(13)25-16/h3-6,12H,2,7-11H2,1H3,(H,19,21). The first-order chi connectivity index (χ1) is 13.2. The van der Waals surface area contributed by atoms with Crippen molar-refractivity contribution in [3.63, 3.8) is 0 Å². The minimum Gasteiger partial charge on any atom is -0.440 e. The van der Waals surface area contributed by atoms with Gasteiger partial charge in [-0.3, -0.25) is 4.79 Å². The zero-order valence-corrected chi connectivity index (χ0v) is 16.7.